The third-order valence-corrected chi connectivity index (χ3v) is 4.10. The molecule has 0 amide bonds. The summed E-state index contributed by atoms with van der Waals surface area (Å²) in [6.45, 7) is 2.02. The molecule has 0 atom stereocenters. The summed E-state index contributed by atoms with van der Waals surface area (Å²) in [6.07, 6.45) is 2.31. The molecule has 3 rings (SSSR count). The van der Waals surface area contributed by atoms with Crippen molar-refractivity contribution < 1.29 is 4.74 Å². The molecule has 0 aliphatic heterocycles. The van der Waals surface area contributed by atoms with Crippen LogP contribution in [0.5, 0.6) is 5.75 Å². The topological polar surface area (TPSA) is 50.3 Å². The molecule has 5 heteroatoms. The van der Waals surface area contributed by atoms with Gasteiger partial charge in [0.15, 0.2) is 5.65 Å². The Morgan fingerprint density at radius 1 is 1.32 bits per heavy atom. The van der Waals surface area contributed by atoms with Gasteiger partial charge in [-0.3, -0.25) is 0 Å². The van der Waals surface area contributed by atoms with Gasteiger partial charge in [-0.1, -0.05) is 0 Å². The summed E-state index contributed by atoms with van der Waals surface area (Å²) in [7, 11) is 1.64. The van der Waals surface area contributed by atoms with Gasteiger partial charge in [-0.2, -0.15) is 5.26 Å². The molecule has 0 spiro atoms. The largest absolute Gasteiger partial charge is 0.497 e. The summed E-state index contributed by atoms with van der Waals surface area (Å²) in [5.41, 5.74) is 4.63. The summed E-state index contributed by atoms with van der Waals surface area (Å²) in [5, 5.41) is 9.17. The van der Waals surface area contributed by atoms with E-state index in [0.717, 1.165) is 38.4 Å². The normalized spacial score (nSPS) is 10.6. The van der Waals surface area contributed by atoms with Gasteiger partial charge in [0.2, 0.25) is 0 Å². The van der Waals surface area contributed by atoms with Crippen LogP contribution in [0.1, 0.15) is 11.3 Å². The summed E-state index contributed by atoms with van der Waals surface area (Å²) in [5.74, 6) is 0.798. The average Bonchev–Trinajstić information content (AvgIpc) is 2.87. The Balaban J connectivity index is 2.25. The quantitative estimate of drug-likeness (QED) is 0.709. The first-order valence-corrected chi connectivity index (χ1v) is 7.62. The highest BCUT2D eigenvalue weighted by atomic mass is 79.9. The van der Waals surface area contributed by atoms with Crippen LogP contribution in [0.4, 0.5) is 0 Å². The molecule has 0 radical (unpaired) electrons. The zero-order valence-electron chi connectivity index (χ0n) is 12.3. The molecular formula is C17H14BrN3O. The summed E-state index contributed by atoms with van der Waals surface area (Å²) in [4.78, 5) is 4.72. The van der Waals surface area contributed by atoms with Gasteiger partial charge >= 0.3 is 0 Å². The van der Waals surface area contributed by atoms with Crippen LogP contribution in [0.2, 0.25) is 0 Å². The van der Waals surface area contributed by atoms with Gasteiger partial charge in [0.1, 0.15) is 5.75 Å². The summed E-state index contributed by atoms with van der Waals surface area (Å²) >= 11 is 3.56. The number of hydrogen-bond donors (Lipinski definition) is 0. The first-order valence-electron chi connectivity index (χ1n) is 6.82. The molecule has 0 fully saturated rings. The highest BCUT2D eigenvalue weighted by Gasteiger charge is 2.16. The Morgan fingerprint density at radius 3 is 2.68 bits per heavy atom. The van der Waals surface area contributed by atoms with Gasteiger partial charge in [0.05, 0.1) is 35.5 Å². The Labute approximate surface area is 137 Å². The molecule has 2 aromatic heterocycles. The number of nitriles is 1. The van der Waals surface area contributed by atoms with Crippen LogP contribution in [0.25, 0.3) is 16.9 Å². The molecule has 0 unspecified atom stereocenters. The lowest BCUT2D eigenvalue weighted by molar-refractivity contribution is 0.415. The molecule has 4 nitrogen and oxygen atoms in total. The average molecular weight is 356 g/mol. The number of hydrogen-bond acceptors (Lipinski definition) is 3. The van der Waals surface area contributed by atoms with E-state index < -0.39 is 0 Å². The minimum absolute atomic E-state index is 0.304. The highest BCUT2D eigenvalue weighted by Crippen LogP contribution is 2.30. The van der Waals surface area contributed by atoms with Crippen molar-refractivity contribution in [3.8, 4) is 23.1 Å². The number of aromatic nitrogens is 2. The van der Waals surface area contributed by atoms with Crippen molar-refractivity contribution in [3.05, 3.63) is 52.3 Å². The van der Waals surface area contributed by atoms with E-state index in [1.54, 1.807) is 7.11 Å². The van der Waals surface area contributed by atoms with E-state index in [1.165, 1.54) is 0 Å². The number of fused-ring (bicyclic) bond motifs is 1. The van der Waals surface area contributed by atoms with Crippen LogP contribution < -0.4 is 4.74 Å². The maximum atomic E-state index is 9.17. The third kappa shape index (κ3) is 2.46. The Hall–Kier alpha value is -2.32. The number of aryl methyl sites for hydroxylation is 1. The van der Waals surface area contributed by atoms with Crippen molar-refractivity contribution in [1.82, 2.24) is 9.38 Å². The van der Waals surface area contributed by atoms with Crippen LogP contribution in [-0.4, -0.2) is 16.5 Å². The lowest BCUT2D eigenvalue weighted by atomic mass is 10.1. The van der Waals surface area contributed by atoms with Crippen LogP contribution >= 0.6 is 15.9 Å². The maximum Gasteiger partial charge on any atom is 0.152 e. The molecule has 110 valence electrons. The molecule has 0 aliphatic rings. The second-order valence-corrected chi connectivity index (χ2v) is 5.88. The standard InChI is InChI=1S/C17H14BrN3O/c1-11-9-14(18)17-20-16(15(7-8-19)21(17)10-11)12-3-5-13(22-2)6-4-12/h3-6,9-10H,7H2,1-2H3. The monoisotopic (exact) mass is 355 g/mol. The number of methoxy groups -OCH3 is 1. The molecule has 0 N–H and O–H groups in total. The van der Waals surface area contributed by atoms with Gasteiger partial charge in [-0.05, 0) is 58.7 Å². The number of benzene rings is 1. The Morgan fingerprint density at radius 2 is 2.05 bits per heavy atom. The van der Waals surface area contributed by atoms with E-state index in [0.29, 0.717) is 6.42 Å². The van der Waals surface area contributed by atoms with Crippen LogP contribution in [0.3, 0.4) is 0 Å². The lowest BCUT2D eigenvalue weighted by Gasteiger charge is -2.04. The fourth-order valence-corrected chi connectivity index (χ4v) is 3.14. The van der Waals surface area contributed by atoms with E-state index in [-0.39, 0.29) is 0 Å². The minimum atomic E-state index is 0.304. The Bertz CT molecular complexity index is 876. The number of nitrogens with zero attached hydrogens (tertiary/aromatic N) is 3. The van der Waals surface area contributed by atoms with Crippen molar-refractivity contribution in [2.45, 2.75) is 13.3 Å². The van der Waals surface area contributed by atoms with Gasteiger partial charge in [-0.25, -0.2) is 4.98 Å². The fourth-order valence-electron chi connectivity index (χ4n) is 2.50. The minimum Gasteiger partial charge on any atom is -0.497 e. The van der Waals surface area contributed by atoms with Gasteiger partial charge in [0, 0.05) is 11.8 Å². The second kappa shape index (κ2) is 5.82. The van der Waals surface area contributed by atoms with Crippen molar-refractivity contribution in [2.24, 2.45) is 0 Å². The molecule has 0 saturated heterocycles. The van der Waals surface area contributed by atoms with E-state index in [9.17, 15) is 0 Å². The summed E-state index contributed by atoms with van der Waals surface area (Å²) < 4.78 is 8.10. The van der Waals surface area contributed by atoms with Gasteiger partial charge < -0.3 is 9.14 Å². The number of imidazole rings is 1. The molecule has 0 aliphatic carbocycles. The molecular weight excluding hydrogens is 342 g/mol. The van der Waals surface area contributed by atoms with E-state index in [1.807, 2.05) is 47.9 Å². The van der Waals surface area contributed by atoms with E-state index in [4.69, 9.17) is 15.0 Å². The number of ether oxygens (including phenoxy) is 1. The van der Waals surface area contributed by atoms with Crippen LogP contribution in [0, 0.1) is 18.3 Å². The Kier molecular flexibility index (Phi) is 3.86. The smallest absolute Gasteiger partial charge is 0.152 e. The van der Waals surface area contributed by atoms with Crippen molar-refractivity contribution in [3.63, 3.8) is 0 Å². The predicted octanol–water partition coefficient (Wildman–Crippen LogP) is 4.15. The highest BCUT2D eigenvalue weighted by molar-refractivity contribution is 9.10. The first kappa shape index (κ1) is 14.6. The van der Waals surface area contributed by atoms with Crippen LogP contribution in [0.15, 0.2) is 41.0 Å². The first-order chi connectivity index (χ1) is 10.6. The van der Waals surface area contributed by atoms with Crippen molar-refractivity contribution in [1.29, 1.82) is 5.26 Å². The number of halogens is 1. The molecule has 0 bridgehead atoms. The molecule has 3 aromatic rings. The fraction of sp³-hybridized carbons (Fsp3) is 0.176. The third-order valence-electron chi connectivity index (χ3n) is 3.52. The molecule has 1 aromatic carbocycles. The van der Waals surface area contributed by atoms with E-state index >= 15 is 0 Å². The SMILES string of the molecule is COc1ccc(-c2nc3c(Br)cc(C)cn3c2CC#N)cc1. The maximum absolute atomic E-state index is 9.17. The van der Waals surface area contributed by atoms with Crippen molar-refractivity contribution >= 4 is 21.6 Å². The molecule has 2 heterocycles. The van der Waals surface area contributed by atoms with E-state index in [2.05, 4.69) is 22.0 Å². The summed E-state index contributed by atoms with van der Waals surface area (Å²) in [6, 6.07) is 12.0. The van der Waals surface area contributed by atoms with Gasteiger partial charge in [-0.15, -0.1) is 0 Å². The molecule has 22 heavy (non-hydrogen) atoms. The zero-order valence-corrected chi connectivity index (χ0v) is 13.9. The lowest BCUT2D eigenvalue weighted by Crippen LogP contribution is -1.95. The van der Waals surface area contributed by atoms with Crippen LogP contribution in [-0.2, 0) is 6.42 Å². The number of rotatable bonds is 3. The second-order valence-electron chi connectivity index (χ2n) is 5.03. The molecule has 0 saturated carbocycles. The zero-order chi connectivity index (χ0) is 15.7. The van der Waals surface area contributed by atoms with Gasteiger partial charge in [0.25, 0.3) is 0 Å². The van der Waals surface area contributed by atoms with Crippen molar-refractivity contribution in [2.75, 3.05) is 7.11 Å². The predicted molar refractivity (Wildman–Crippen MR) is 88.9 cm³/mol. The number of pyridine rings is 1.